The maximum atomic E-state index is 13.1. The molecule has 1 aliphatic heterocycles. The number of rotatable bonds is 2. The summed E-state index contributed by atoms with van der Waals surface area (Å²) in [6.45, 7) is 9.79. The number of carbonyl (C=O) groups excluding carboxylic acids is 1. The highest BCUT2D eigenvalue weighted by Crippen LogP contribution is 2.41. The highest BCUT2D eigenvalue weighted by Gasteiger charge is 2.36. The molecule has 1 fully saturated rings. The van der Waals surface area contributed by atoms with E-state index in [4.69, 9.17) is 0 Å². The molecule has 1 aromatic heterocycles. The number of amides is 1. The van der Waals surface area contributed by atoms with E-state index in [1.165, 1.54) is 35.0 Å². The topological polar surface area (TPSA) is 25.2 Å². The van der Waals surface area contributed by atoms with E-state index in [0.717, 1.165) is 19.4 Å². The average molecular weight is 351 g/mol. The van der Waals surface area contributed by atoms with Crippen LogP contribution in [-0.2, 0) is 10.2 Å². The summed E-state index contributed by atoms with van der Waals surface area (Å²) < 4.78 is 2.42. The highest BCUT2D eigenvalue weighted by atomic mass is 16.2. The molecule has 26 heavy (non-hydrogen) atoms. The standard InChI is InChI=1S/C23H30N2O/c1-16(2)25-19-12-8-7-11-18(19)21-20(25)13-14-24(15-23(21,3)4)22(26)17-9-5-6-10-17/h7-8,11-14,16-17H,5-6,9-10,15H2,1-4H3. The molecule has 0 radical (unpaired) electrons. The Hall–Kier alpha value is -2.03. The monoisotopic (exact) mass is 350 g/mol. The zero-order valence-electron chi connectivity index (χ0n) is 16.5. The molecule has 3 nitrogen and oxygen atoms in total. The molecule has 0 unspecified atom stereocenters. The van der Waals surface area contributed by atoms with Gasteiger partial charge < -0.3 is 9.47 Å². The highest BCUT2D eigenvalue weighted by molar-refractivity contribution is 5.91. The summed E-state index contributed by atoms with van der Waals surface area (Å²) in [7, 11) is 0. The molecule has 138 valence electrons. The van der Waals surface area contributed by atoms with Gasteiger partial charge in [0.25, 0.3) is 0 Å². The first-order valence-electron chi connectivity index (χ1n) is 10.0. The lowest BCUT2D eigenvalue weighted by molar-refractivity contribution is -0.133. The number of nitrogens with zero attached hydrogens (tertiary/aromatic N) is 2. The third-order valence-corrected chi connectivity index (χ3v) is 6.11. The minimum absolute atomic E-state index is 0.0904. The second-order valence-electron chi connectivity index (χ2n) is 8.89. The number of benzene rings is 1. The second kappa shape index (κ2) is 6.29. The summed E-state index contributed by atoms with van der Waals surface area (Å²) in [4.78, 5) is 15.1. The van der Waals surface area contributed by atoms with Gasteiger partial charge in [-0.2, -0.15) is 0 Å². The summed E-state index contributed by atoms with van der Waals surface area (Å²) in [6.07, 6.45) is 8.72. The van der Waals surface area contributed by atoms with Crippen LogP contribution in [0, 0.1) is 5.92 Å². The van der Waals surface area contributed by atoms with Crippen molar-refractivity contribution in [3.63, 3.8) is 0 Å². The van der Waals surface area contributed by atoms with Crippen molar-refractivity contribution in [2.75, 3.05) is 6.54 Å². The van der Waals surface area contributed by atoms with Crippen molar-refractivity contribution in [1.29, 1.82) is 0 Å². The van der Waals surface area contributed by atoms with Crippen LogP contribution in [-0.4, -0.2) is 21.9 Å². The van der Waals surface area contributed by atoms with Crippen LogP contribution >= 0.6 is 0 Å². The van der Waals surface area contributed by atoms with Gasteiger partial charge in [0.2, 0.25) is 5.91 Å². The largest absolute Gasteiger partial charge is 0.338 e. The van der Waals surface area contributed by atoms with E-state index in [0.29, 0.717) is 11.9 Å². The Bertz CT molecular complexity index is 866. The zero-order chi connectivity index (χ0) is 18.5. The first-order chi connectivity index (χ1) is 12.4. The van der Waals surface area contributed by atoms with Crippen LogP contribution in [0.1, 0.15) is 70.7 Å². The van der Waals surface area contributed by atoms with E-state index >= 15 is 0 Å². The minimum Gasteiger partial charge on any atom is -0.338 e. The number of aromatic nitrogens is 1. The third-order valence-electron chi connectivity index (χ3n) is 6.11. The Kier molecular flexibility index (Phi) is 4.21. The Morgan fingerprint density at radius 3 is 2.54 bits per heavy atom. The van der Waals surface area contributed by atoms with Crippen LogP contribution in [0.25, 0.3) is 17.0 Å². The molecule has 0 atom stereocenters. The number of para-hydroxylation sites is 1. The van der Waals surface area contributed by atoms with E-state index in [2.05, 4.69) is 62.6 Å². The van der Waals surface area contributed by atoms with E-state index in [1.807, 2.05) is 11.1 Å². The SMILES string of the molecule is CC(C)n1c2c(c3ccccc31)C(C)(C)CN(C(=O)C1CCCC1)C=C2. The van der Waals surface area contributed by atoms with Gasteiger partial charge in [-0.1, -0.05) is 44.9 Å². The molecule has 4 rings (SSSR count). The lowest BCUT2D eigenvalue weighted by Gasteiger charge is -2.31. The molecular weight excluding hydrogens is 320 g/mol. The molecule has 1 amide bonds. The van der Waals surface area contributed by atoms with Gasteiger partial charge in [-0.15, -0.1) is 0 Å². The molecule has 1 aliphatic carbocycles. The van der Waals surface area contributed by atoms with Crippen molar-refractivity contribution >= 4 is 22.9 Å². The molecule has 2 heterocycles. The number of carbonyl (C=O) groups is 1. The quantitative estimate of drug-likeness (QED) is 0.702. The van der Waals surface area contributed by atoms with Crippen molar-refractivity contribution in [1.82, 2.24) is 9.47 Å². The maximum Gasteiger partial charge on any atom is 0.229 e. The fourth-order valence-electron chi connectivity index (χ4n) is 4.99. The van der Waals surface area contributed by atoms with Gasteiger partial charge in [-0.25, -0.2) is 0 Å². The predicted octanol–water partition coefficient (Wildman–Crippen LogP) is 5.50. The van der Waals surface area contributed by atoms with Gasteiger partial charge >= 0.3 is 0 Å². The van der Waals surface area contributed by atoms with Crippen LogP contribution in [0.4, 0.5) is 0 Å². The minimum atomic E-state index is -0.0904. The molecule has 1 saturated carbocycles. The van der Waals surface area contributed by atoms with Crippen LogP contribution < -0.4 is 0 Å². The van der Waals surface area contributed by atoms with Gasteiger partial charge in [0, 0.05) is 46.7 Å². The second-order valence-corrected chi connectivity index (χ2v) is 8.89. The van der Waals surface area contributed by atoms with Crippen molar-refractivity contribution in [3.8, 4) is 0 Å². The average Bonchev–Trinajstić information content (AvgIpc) is 3.20. The van der Waals surface area contributed by atoms with Gasteiger partial charge in [0.1, 0.15) is 0 Å². The van der Waals surface area contributed by atoms with Crippen molar-refractivity contribution in [2.24, 2.45) is 5.92 Å². The number of hydrogen-bond donors (Lipinski definition) is 0. The number of fused-ring (bicyclic) bond motifs is 3. The Morgan fingerprint density at radius 1 is 1.15 bits per heavy atom. The molecule has 0 N–H and O–H groups in total. The lowest BCUT2D eigenvalue weighted by Crippen LogP contribution is -2.39. The molecule has 2 aromatic rings. The Morgan fingerprint density at radius 2 is 1.85 bits per heavy atom. The molecule has 2 aliphatic rings. The zero-order valence-corrected chi connectivity index (χ0v) is 16.5. The smallest absolute Gasteiger partial charge is 0.229 e. The number of hydrogen-bond acceptors (Lipinski definition) is 1. The van der Waals surface area contributed by atoms with Crippen LogP contribution in [0.15, 0.2) is 30.5 Å². The fraction of sp³-hybridized carbons (Fsp3) is 0.522. The molecule has 0 spiro atoms. The van der Waals surface area contributed by atoms with E-state index in [1.54, 1.807) is 0 Å². The van der Waals surface area contributed by atoms with E-state index in [9.17, 15) is 4.79 Å². The van der Waals surface area contributed by atoms with Crippen LogP contribution in [0.2, 0.25) is 0 Å². The van der Waals surface area contributed by atoms with Gasteiger partial charge in [-0.05, 0) is 44.4 Å². The first-order valence-corrected chi connectivity index (χ1v) is 10.0. The maximum absolute atomic E-state index is 13.1. The third kappa shape index (κ3) is 2.69. The molecule has 3 heteroatoms. The molecular formula is C23H30N2O. The van der Waals surface area contributed by atoms with Crippen molar-refractivity contribution in [3.05, 3.63) is 41.7 Å². The summed E-state index contributed by atoms with van der Waals surface area (Å²) in [5.74, 6) is 0.536. The summed E-state index contributed by atoms with van der Waals surface area (Å²) >= 11 is 0. The van der Waals surface area contributed by atoms with E-state index < -0.39 is 0 Å². The van der Waals surface area contributed by atoms with Gasteiger partial charge in [0.15, 0.2) is 0 Å². The van der Waals surface area contributed by atoms with Gasteiger partial charge in [-0.3, -0.25) is 4.79 Å². The molecule has 0 saturated heterocycles. The fourth-order valence-corrected chi connectivity index (χ4v) is 4.99. The van der Waals surface area contributed by atoms with Crippen LogP contribution in [0.5, 0.6) is 0 Å². The molecule has 1 aromatic carbocycles. The summed E-state index contributed by atoms with van der Waals surface area (Å²) in [5, 5.41) is 1.32. The molecule has 0 bridgehead atoms. The first kappa shape index (κ1) is 17.4. The van der Waals surface area contributed by atoms with Gasteiger partial charge in [0.05, 0.1) is 0 Å². The predicted molar refractivity (Wildman–Crippen MR) is 108 cm³/mol. The summed E-state index contributed by atoms with van der Waals surface area (Å²) in [6, 6.07) is 9.07. The summed E-state index contributed by atoms with van der Waals surface area (Å²) in [5.41, 5.74) is 3.83. The Labute approximate surface area is 156 Å². The normalized spacial score (nSPS) is 20.0. The lowest BCUT2D eigenvalue weighted by atomic mass is 9.82. The van der Waals surface area contributed by atoms with Crippen LogP contribution in [0.3, 0.4) is 0 Å². The van der Waals surface area contributed by atoms with Crippen molar-refractivity contribution < 1.29 is 4.79 Å². The van der Waals surface area contributed by atoms with E-state index in [-0.39, 0.29) is 11.3 Å². The van der Waals surface area contributed by atoms with Crippen molar-refractivity contribution in [2.45, 2.75) is 64.8 Å². The Balaban J connectivity index is 1.84.